The number of carbonyl (C=O) groups is 3. The largest absolute Gasteiger partial charge is 0.481 e. The molecule has 2 rings (SSSR count). The van der Waals surface area contributed by atoms with E-state index in [0.29, 0.717) is 36.7 Å². The van der Waals surface area contributed by atoms with Crippen LogP contribution in [0, 0.1) is 17.7 Å². The van der Waals surface area contributed by atoms with Crippen molar-refractivity contribution in [2.24, 2.45) is 11.8 Å². The molecule has 196 valence electrons. The van der Waals surface area contributed by atoms with Crippen LogP contribution in [0.3, 0.4) is 0 Å². The molecule has 1 N–H and O–H groups in total. The minimum absolute atomic E-state index is 0.000313. The topological polar surface area (TPSA) is 81.2 Å². The number of carbonyl (C=O) groups excluding carboxylic acids is 2. The summed E-state index contributed by atoms with van der Waals surface area (Å²) in [5.74, 6) is -0.791. The molecule has 0 atom stereocenters. The maximum Gasteiger partial charge on any atom is 0.303 e. The second-order valence-electron chi connectivity index (χ2n) is 10.4. The summed E-state index contributed by atoms with van der Waals surface area (Å²) >= 11 is 0. The summed E-state index contributed by atoms with van der Waals surface area (Å²) in [5.41, 5.74) is 1.25. The average molecular weight is 492 g/mol. The molecule has 8 heteroatoms. The lowest BCUT2D eigenvalue weighted by Crippen LogP contribution is -2.40. The zero-order chi connectivity index (χ0) is 26.0. The van der Waals surface area contributed by atoms with Crippen LogP contribution in [0.15, 0.2) is 18.2 Å². The fraction of sp³-hybridized carbons (Fsp3) is 0.667. The molecule has 0 spiro atoms. The Morgan fingerprint density at radius 3 is 2.26 bits per heavy atom. The number of aliphatic carboxylic acids is 1. The van der Waals surface area contributed by atoms with Gasteiger partial charge < -0.3 is 19.8 Å². The molecule has 0 bridgehead atoms. The molecule has 0 aromatic heterocycles. The number of amides is 2. The van der Waals surface area contributed by atoms with Gasteiger partial charge in [-0.2, -0.15) is 0 Å². The molecule has 0 unspecified atom stereocenters. The van der Waals surface area contributed by atoms with E-state index in [9.17, 15) is 18.8 Å². The summed E-state index contributed by atoms with van der Waals surface area (Å²) in [5, 5.41) is 8.94. The fourth-order valence-electron chi connectivity index (χ4n) is 4.58. The second-order valence-corrected chi connectivity index (χ2v) is 10.4. The van der Waals surface area contributed by atoms with Crippen molar-refractivity contribution in [1.29, 1.82) is 0 Å². The number of anilines is 1. The highest BCUT2D eigenvalue weighted by atomic mass is 19.1. The summed E-state index contributed by atoms with van der Waals surface area (Å²) in [6, 6.07) is 4.43. The highest BCUT2D eigenvalue weighted by Crippen LogP contribution is 2.26. The van der Waals surface area contributed by atoms with E-state index in [2.05, 4.69) is 18.7 Å². The average Bonchev–Trinajstić information content (AvgIpc) is 2.74. The molecule has 0 saturated carbocycles. The van der Waals surface area contributed by atoms with Gasteiger partial charge >= 0.3 is 5.97 Å². The van der Waals surface area contributed by atoms with Crippen molar-refractivity contribution in [1.82, 2.24) is 9.80 Å². The molecule has 1 aliphatic rings. The van der Waals surface area contributed by atoms with Crippen LogP contribution in [0.4, 0.5) is 10.1 Å². The van der Waals surface area contributed by atoms with E-state index in [4.69, 9.17) is 5.11 Å². The lowest BCUT2D eigenvalue weighted by atomic mass is 10.1. The zero-order valence-electron chi connectivity index (χ0n) is 21.8. The van der Waals surface area contributed by atoms with Gasteiger partial charge in [0.25, 0.3) is 0 Å². The second kappa shape index (κ2) is 14.2. The van der Waals surface area contributed by atoms with Crippen LogP contribution < -0.4 is 4.90 Å². The van der Waals surface area contributed by atoms with Crippen molar-refractivity contribution >= 4 is 23.5 Å². The number of halogens is 1. The molecule has 1 heterocycles. The van der Waals surface area contributed by atoms with Crippen molar-refractivity contribution in [3.8, 4) is 0 Å². The van der Waals surface area contributed by atoms with Gasteiger partial charge in [0.2, 0.25) is 11.8 Å². The summed E-state index contributed by atoms with van der Waals surface area (Å²) in [4.78, 5) is 43.0. The summed E-state index contributed by atoms with van der Waals surface area (Å²) < 4.78 is 14.3. The van der Waals surface area contributed by atoms with Gasteiger partial charge in [-0.25, -0.2) is 4.39 Å². The highest BCUT2D eigenvalue weighted by Gasteiger charge is 2.24. The standard InChI is InChI=1S/C27H42FN3O4/c1-20(2)16-26(33)31-15-7-13-29(18-21(3)4)12-6-14-30(25(32)8-5-9-27(34)35)19-22-17-23(28)10-11-24(22)31/h10-11,17,20-21H,5-9,12-16,18-19H2,1-4H3,(H,34,35). The van der Waals surface area contributed by atoms with Crippen LogP contribution in [0.5, 0.6) is 0 Å². The first kappa shape index (κ1) is 28.8. The van der Waals surface area contributed by atoms with E-state index in [1.807, 2.05) is 13.8 Å². The van der Waals surface area contributed by atoms with Gasteiger partial charge in [0, 0.05) is 51.1 Å². The summed E-state index contributed by atoms with van der Waals surface area (Å²) in [7, 11) is 0. The molecule has 2 amide bonds. The Labute approximate surface area is 209 Å². The first-order valence-electron chi connectivity index (χ1n) is 12.9. The molecule has 0 saturated heterocycles. The van der Waals surface area contributed by atoms with E-state index < -0.39 is 11.8 Å². The first-order valence-corrected chi connectivity index (χ1v) is 12.9. The van der Waals surface area contributed by atoms with Crippen LogP contribution in [0.1, 0.15) is 71.8 Å². The lowest BCUT2D eigenvalue weighted by molar-refractivity contribution is -0.137. The predicted octanol–water partition coefficient (Wildman–Crippen LogP) is 4.54. The van der Waals surface area contributed by atoms with Crippen LogP contribution in [0.25, 0.3) is 0 Å². The molecule has 0 radical (unpaired) electrons. The Hall–Kier alpha value is -2.48. The number of fused-ring (bicyclic) bond motifs is 1. The number of nitrogens with zero attached hydrogens (tertiary/aromatic N) is 3. The molecule has 1 aromatic rings. The number of carboxylic acids is 1. The minimum atomic E-state index is -0.928. The van der Waals surface area contributed by atoms with Gasteiger partial charge in [-0.1, -0.05) is 27.7 Å². The van der Waals surface area contributed by atoms with E-state index >= 15 is 0 Å². The van der Waals surface area contributed by atoms with Crippen molar-refractivity contribution in [2.75, 3.05) is 37.6 Å². The Morgan fingerprint density at radius 2 is 1.63 bits per heavy atom. The number of hydrogen-bond acceptors (Lipinski definition) is 4. The fourth-order valence-corrected chi connectivity index (χ4v) is 4.58. The van der Waals surface area contributed by atoms with Crippen molar-refractivity contribution < 1.29 is 23.9 Å². The van der Waals surface area contributed by atoms with E-state index in [1.165, 1.54) is 12.1 Å². The lowest BCUT2D eigenvalue weighted by Gasteiger charge is -2.32. The molecule has 0 fully saturated rings. The number of hydrogen-bond donors (Lipinski definition) is 1. The molecule has 7 nitrogen and oxygen atoms in total. The van der Waals surface area contributed by atoms with Crippen LogP contribution >= 0.6 is 0 Å². The maximum absolute atomic E-state index is 14.3. The molecule has 1 aromatic carbocycles. The quantitative estimate of drug-likeness (QED) is 0.577. The van der Waals surface area contributed by atoms with Crippen LogP contribution in [-0.4, -0.2) is 65.4 Å². The summed E-state index contributed by atoms with van der Waals surface area (Å²) in [6.45, 7) is 12.2. The molecule has 0 aliphatic carbocycles. The van der Waals surface area contributed by atoms with Gasteiger partial charge in [0.15, 0.2) is 0 Å². The predicted molar refractivity (Wildman–Crippen MR) is 136 cm³/mol. The highest BCUT2D eigenvalue weighted by molar-refractivity contribution is 5.94. The minimum Gasteiger partial charge on any atom is -0.481 e. The number of rotatable bonds is 8. The van der Waals surface area contributed by atoms with Gasteiger partial charge in [-0.05, 0) is 68.0 Å². The van der Waals surface area contributed by atoms with Gasteiger partial charge in [0.05, 0.1) is 0 Å². The van der Waals surface area contributed by atoms with Crippen LogP contribution in [0.2, 0.25) is 0 Å². The van der Waals surface area contributed by atoms with E-state index in [0.717, 1.165) is 32.5 Å². The van der Waals surface area contributed by atoms with Gasteiger partial charge in [-0.15, -0.1) is 0 Å². The third kappa shape index (κ3) is 9.96. The Bertz CT molecular complexity index is 859. The zero-order valence-corrected chi connectivity index (χ0v) is 21.8. The van der Waals surface area contributed by atoms with E-state index in [1.54, 1.807) is 15.9 Å². The Morgan fingerprint density at radius 1 is 0.943 bits per heavy atom. The number of carboxylic acid groups (broad SMARTS) is 1. The van der Waals surface area contributed by atoms with E-state index in [-0.39, 0.29) is 43.5 Å². The van der Waals surface area contributed by atoms with Gasteiger partial charge in [0.1, 0.15) is 5.82 Å². The Balaban J connectivity index is 2.39. The van der Waals surface area contributed by atoms with Crippen molar-refractivity contribution in [2.45, 2.75) is 72.8 Å². The normalized spacial score (nSPS) is 16.1. The smallest absolute Gasteiger partial charge is 0.303 e. The Kier molecular flexibility index (Phi) is 11.6. The third-order valence-corrected chi connectivity index (χ3v) is 6.09. The monoisotopic (exact) mass is 491 g/mol. The first-order chi connectivity index (χ1) is 16.6. The summed E-state index contributed by atoms with van der Waals surface area (Å²) in [6.07, 6.45) is 2.31. The van der Waals surface area contributed by atoms with Gasteiger partial charge in [-0.3, -0.25) is 14.4 Å². The third-order valence-electron chi connectivity index (χ3n) is 6.09. The molecular formula is C27H42FN3O4. The van der Waals surface area contributed by atoms with Crippen LogP contribution in [-0.2, 0) is 20.9 Å². The number of benzene rings is 1. The molecule has 1 aliphatic heterocycles. The SMILES string of the molecule is CC(C)CC(=O)N1CCCN(CC(C)C)CCCN(C(=O)CCCC(=O)O)Cc2cc(F)ccc21. The van der Waals surface area contributed by atoms with Crippen molar-refractivity contribution in [3.05, 3.63) is 29.6 Å². The molecule has 35 heavy (non-hydrogen) atoms. The maximum atomic E-state index is 14.3. The van der Waals surface area contributed by atoms with Crippen molar-refractivity contribution in [3.63, 3.8) is 0 Å². The molecular weight excluding hydrogens is 449 g/mol.